The molecule has 6 nitrogen and oxygen atoms in total. The van der Waals surface area contributed by atoms with Crippen molar-refractivity contribution < 1.29 is 0 Å². The van der Waals surface area contributed by atoms with Crippen LogP contribution >= 0.6 is 0 Å². The minimum absolute atomic E-state index is 0.259. The Morgan fingerprint density at radius 2 is 1.60 bits per heavy atom. The third-order valence-electron chi connectivity index (χ3n) is 3.40. The summed E-state index contributed by atoms with van der Waals surface area (Å²) in [5, 5.41) is 6.45. The molecule has 0 spiro atoms. The summed E-state index contributed by atoms with van der Waals surface area (Å²) in [5.41, 5.74) is 0.259. The van der Waals surface area contributed by atoms with Crippen LogP contribution in [0.1, 0.15) is 34.6 Å². The van der Waals surface area contributed by atoms with E-state index in [1.807, 2.05) is 25.9 Å². The van der Waals surface area contributed by atoms with Gasteiger partial charge in [0.15, 0.2) is 0 Å². The zero-order valence-corrected chi connectivity index (χ0v) is 13.8. The maximum atomic E-state index is 4.42. The summed E-state index contributed by atoms with van der Waals surface area (Å²) >= 11 is 0. The van der Waals surface area contributed by atoms with Crippen molar-refractivity contribution in [3.05, 3.63) is 0 Å². The lowest BCUT2D eigenvalue weighted by Gasteiger charge is -2.27. The van der Waals surface area contributed by atoms with Gasteiger partial charge in [-0.1, -0.05) is 27.7 Å². The van der Waals surface area contributed by atoms with E-state index >= 15 is 0 Å². The number of hydrogen-bond donors (Lipinski definition) is 2. The molecule has 0 saturated heterocycles. The van der Waals surface area contributed by atoms with Gasteiger partial charge in [0.25, 0.3) is 0 Å². The molecule has 1 heterocycles. The van der Waals surface area contributed by atoms with E-state index in [0.717, 1.165) is 13.1 Å². The van der Waals surface area contributed by atoms with Crippen molar-refractivity contribution in [2.75, 3.05) is 42.7 Å². The van der Waals surface area contributed by atoms with Crippen LogP contribution in [-0.4, -0.2) is 42.1 Å². The summed E-state index contributed by atoms with van der Waals surface area (Å²) in [7, 11) is 3.85. The van der Waals surface area contributed by atoms with Crippen molar-refractivity contribution >= 4 is 17.8 Å². The molecule has 0 saturated carbocycles. The number of anilines is 3. The van der Waals surface area contributed by atoms with Crippen molar-refractivity contribution in [1.29, 1.82) is 0 Å². The molecule has 0 aliphatic heterocycles. The van der Waals surface area contributed by atoms with Crippen LogP contribution in [0.3, 0.4) is 0 Å². The Bertz CT molecular complexity index is 424. The van der Waals surface area contributed by atoms with Crippen LogP contribution in [0.25, 0.3) is 0 Å². The van der Waals surface area contributed by atoms with Crippen LogP contribution in [0.15, 0.2) is 0 Å². The minimum Gasteiger partial charge on any atom is -0.354 e. The van der Waals surface area contributed by atoms with Gasteiger partial charge < -0.3 is 15.5 Å². The second-order valence-corrected chi connectivity index (χ2v) is 6.36. The molecule has 0 amide bonds. The lowest BCUT2D eigenvalue weighted by atomic mass is 9.82. The van der Waals surface area contributed by atoms with Crippen molar-refractivity contribution in [2.24, 2.45) is 11.3 Å². The van der Waals surface area contributed by atoms with Gasteiger partial charge in [-0.25, -0.2) is 0 Å². The van der Waals surface area contributed by atoms with Gasteiger partial charge in [0.05, 0.1) is 0 Å². The Hall–Kier alpha value is -1.59. The van der Waals surface area contributed by atoms with Crippen LogP contribution in [-0.2, 0) is 0 Å². The van der Waals surface area contributed by atoms with Crippen molar-refractivity contribution in [3.63, 3.8) is 0 Å². The normalized spacial score (nSPS) is 12.9. The Kier molecular flexibility index (Phi) is 5.53. The first kappa shape index (κ1) is 16.5. The van der Waals surface area contributed by atoms with Crippen LogP contribution in [0.5, 0.6) is 0 Å². The van der Waals surface area contributed by atoms with Gasteiger partial charge in [-0.3, -0.25) is 0 Å². The Labute approximate surface area is 122 Å². The van der Waals surface area contributed by atoms with Crippen molar-refractivity contribution in [2.45, 2.75) is 34.6 Å². The average molecular weight is 280 g/mol. The number of nitrogens with zero attached hydrogens (tertiary/aromatic N) is 4. The lowest BCUT2D eigenvalue weighted by molar-refractivity contribution is 0.274. The van der Waals surface area contributed by atoms with Gasteiger partial charge in [0.2, 0.25) is 17.8 Å². The van der Waals surface area contributed by atoms with Crippen LogP contribution in [0.2, 0.25) is 0 Å². The van der Waals surface area contributed by atoms with Crippen LogP contribution in [0.4, 0.5) is 17.8 Å². The van der Waals surface area contributed by atoms with Gasteiger partial charge in [-0.15, -0.1) is 0 Å². The highest BCUT2D eigenvalue weighted by Gasteiger charge is 2.20. The fourth-order valence-electron chi connectivity index (χ4n) is 1.43. The molecule has 1 aromatic rings. The zero-order valence-electron chi connectivity index (χ0n) is 13.8. The quantitative estimate of drug-likeness (QED) is 0.834. The van der Waals surface area contributed by atoms with Gasteiger partial charge in [-0.05, 0) is 18.3 Å². The summed E-state index contributed by atoms with van der Waals surface area (Å²) in [6, 6.07) is 0. The molecule has 6 heteroatoms. The minimum atomic E-state index is 0.259. The predicted octanol–water partition coefficient (Wildman–Crippen LogP) is 2.46. The lowest BCUT2D eigenvalue weighted by Crippen LogP contribution is -2.26. The highest BCUT2D eigenvalue weighted by molar-refractivity contribution is 5.42. The van der Waals surface area contributed by atoms with E-state index in [4.69, 9.17) is 0 Å². The molecule has 0 aliphatic carbocycles. The SMILES string of the molecule is CCNc1nc(NCC(C)C(C)(C)C)nc(N(C)C)n1. The summed E-state index contributed by atoms with van der Waals surface area (Å²) in [6.07, 6.45) is 0. The molecule has 1 aromatic heterocycles. The van der Waals surface area contributed by atoms with Crippen molar-refractivity contribution in [3.8, 4) is 0 Å². The van der Waals surface area contributed by atoms with Gasteiger partial charge >= 0.3 is 0 Å². The standard InChI is InChI=1S/C14H28N6/c1-8-15-11-17-12(19-13(18-11)20(6)7)16-9-10(2)14(3,4)5/h10H,8-9H2,1-7H3,(H2,15,16,17,18,19). The maximum Gasteiger partial charge on any atom is 0.231 e. The largest absolute Gasteiger partial charge is 0.354 e. The third kappa shape index (κ3) is 4.83. The summed E-state index contributed by atoms with van der Waals surface area (Å²) < 4.78 is 0. The van der Waals surface area contributed by atoms with E-state index in [0.29, 0.717) is 23.8 Å². The average Bonchev–Trinajstić information content (AvgIpc) is 2.34. The van der Waals surface area contributed by atoms with Gasteiger partial charge in [0, 0.05) is 27.2 Å². The fourth-order valence-corrected chi connectivity index (χ4v) is 1.43. The van der Waals surface area contributed by atoms with Gasteiger partial charge in [0.1, 0.15) is 0 Å². The summed E-state index contributed by atoms with van der Waals surface area (Å²) in [4.78, 5) is 15.0. The molecule has 0 bridgehead atoms. The molecular weight excluding hydrogens is 252 g/mol. The van der Waals surface area contributed by atoms with Crippen LogP contribution < -0.4 is 15.5 Å². The number of aromatic nitrogens is 3. The molecule has 0 radical (unpaired) electrons. The highest BCUT2D eigenvalue weighted by Crippen LogP contribution is 2.25. The molecule has 2 N–H and O–H groups in total. The maximum absolute atomic E-state index is 4.42. The highest BCUT2D eigenvalue weighted by atomic mass is 15.3. The zero-order chi connectivity index (χ0) is 15.3. The van der Waals surface area contributed by atoms with Crippen LogP contribution in [0, 0.1) is 11.3 Å². The van der Waals surface area contributed by atoms with Gasteiger partial charge in [-0.2, -0.15) is 15.0 Å². The second-order valence-electron chi connectivity index (χ2n) is 6.36. The molecule has 114 valence electrons. The number of hydrogen-bond acceptors (Lipinski definition) is 6. The topological polar surface area (TPSA) is 66.0 Å². The van der Waals surface area contributed by atoms with E-state index in [1.54, 1.807) is 0 Å². The van der Waals surface area contributed by atoms with Crippen molar-refractivity contribution in [1.82, 2.24) is 15.0 Å². The molecule has 0 aromatic carbocycles. The number of rotatable bonds is 6. The fraction of sp³-hybridized carbons (Fsp3) is 0.786. The Morgan fingerprint density at radius 1 is 1.05 bits per heavy atom. The predicted molar refractivity (Wildman–Crippen MR) is 85.4 cm³/mol. The first-order valence-corrected chi connectivity index (χ1v) is 7.15. The summed E-state index contributed by atoms with van der Waals surface area (Å²) in [5.74, 6) is 2.40. The molecule has 1 unspecified atom stereocenters. The molecule has 0 aliphatic rings. The monoisotopic (exact) mass is 280 g/mol. The number of nitrogens with one attached hydrogen (secondary N) is 2. The molecular formula is C14H28N6. The molecule has 20 heavy (non-hydrogen) atoms. The summed E-state index contributed by atoms with van der Waals surface area (Å²) in [6.45, 7) is 12.6. The van der Waals surface area contributed by atoms with E-state index < -0.39 is 0 Å². The van der Waals surface area contributed by atoms with E-state index in [-0.39, 0.29) is 5.41 Å². The smallest absolute Gasteiger partial charge is 0.231 e. The molecule has 1 rings (SSSR count). The second kappa shape index (κ2) is 6.72. The van der Waals surface area contributed by atoms with E-state index in [2.05, 4.69) is 53.3 Å². The first-order valence-electron chi connectivity index (χ1n) is 7.15. The third-order valence-corrected chi connectivity index (χ3v) is 3.40. The van der Waals surface area contributed by atoms with E-state index in [1.165, 1.54) is 0 Å². The first-order chi connectivity index (χ1) is 9.24. The Balaban J connectivity index is 2.83. The van der Waals surface area contributed by atoms with E-state index in [9.17, 15) is 0 Å². The Morgan fingerprint density at radius 3 is 2.05 bits per heavy atom. The molecule has 1 atom stereocenters. The molecule has 0 fully saturated rings.